The molecule has 1 aliphatic rings. The lowest BCUT2D eigenvalue weighted by Crippen LogP contribution is -2.43. The molecule has 0 spiro atoms. The molecule has 0 bridgehead atoms. The molecule has 0 radical (unpaired) electrons. The van der Waals surface area contributed by atoms with Crippen LogP contribution in [0.25, 0.3) is 10.9 Å². The molecule has 1 N–H and O–H groups in total. The van der Waals surface area contributed by atoms with E-state index in [1.54, 1.807) is 0 Å². The Balaban J connectivity index is 1.69. The first-order chi connectivity index (χ1) is 9.24. The first-order valence-corrected chi connectivity index (χ1v) is 8.25. The Morgan fingerprint density at radius 2 is 2.11 bits per heavy atom. The van der Waals surface area contributed by atoms with Crippen molar-refractivity contribution in [3.63, 3.8) is 0 Å². The van der Waals surface area contributed by atoms with Gasteiger partial charge in [-0.2, -0.15) is 11.8 Å². The Labute approximate surface area is 119 Å². The van der Waals surface area contributed by atoms with Gasteiger partial charge in [0.1, 0.15) is 0 Å². The van der Waals surface area contributed by atoms with Crippen molar-refractivity contribution in [3.05, 3.63) is 36.0 Å². The van der Waals surface area contributed by atoms with Crippen LogP contribution in [0, 0.1) is 0 Å². The summed E-state index contributed by atoms with van der Waals surface area (Å²) in [4.78, 5) is 0. The van der Waals surface area contributed by atoms with Crippen LogP contribution in [-0.4, -0.2) is 22.1 Å². The molecule has 1 aromatic carbocycles. The summed E-state index contributed by atoms with van der Waals surface area (Å²) in [6.45, 7) is 2.11. The van der Waals surface area contributed by atoms with Gasteiger partial charge in [-0.05, 0) is 30.7 Å². The normalized spacial score (nSPS) is 17.6. The quantitative estimate of drug-likeness (QED) is 0.898. The fourth-order valence-corrected chi connectivity index (χ4v) is 3.96. The van der Waals surface area contributed by atoms with Gasteiger partial charge in [0.15, 0.2) is 0 Å². The van der Waals surface area contributed by atoms with Gasteiger partial charge in [0.25, 0.3) is 0 Å². The molecule has 1 aromatic heterocycles. The van der Waals surface area contributed by atoms with Gasteiger partial charge in [-0.15, -0.1) is 0 Å². The fraction of sp³-hybridized carbons (Fsp3) is 0.500. The summed E-state index contributed by atoms with van der Waals surface area (Å²) < 4.78 is 2.74. The van der Waals surface area contributed by atoms with E-state index in [-0.39, 0.29) is 0 Å². The van der Waals surface area contributed by atoms with Crippen LogP contribution in [0.2, 0.25) is 0 Å². The highest BCUT2D eigenvalue weighted by Gasteiger charge is 2.35. The molecule has 0 aliphatic heterocycles. The standard InChI is InChI=1S/C16H22N2S/c1-18-11-13(14-6-3-4-7-15(14)18)10-17-12-16(19-2)8-5-9-16/h3-4,6-7,11,17H,5,8-10,12H2,1-2H3. The van der Waals surface area contributed by atoms with Gasteiger partial charge in [-0.25, -0.2) is 0 Å². The number of rotatable bonds is 5. The first-order valence-electron chi connectivity index (χ1n) is 7.03. The summed E-state index contributed by atoms with van der Waals surface area (Å²) >= 11 is 2.04. The topological polar surface area (TPSA) is 17.0 Å². The van der Waals surface area contributed by atoms with E-state index < -0.39 is 0 Å². The number of benzene rings is 1. The van der Waals surface area contributed by atoms with E-state index >= 15 is 0 Å². The zero-order valence-electron chi connectivity index (χ0n) is 11.8. The summed E-state index contributed by atoms with van der Waals surface area (Å²) in [5.74, 6) is 0. The SMILES string of the molecule is CSC1(CNCc2cn(C)c3ccccc23)CCC1. The highest BCUT2D eigenvalue weighted by atomic mass is 32.2. The fourth-order valence-electron chi connectivity index (χ4n) is 3.02. The number of para-hydroxylation sites is 1. The van der Waals surface area contributed by atoms with Crippen molar-refractivity contribution in [2.45, 2.75) is 30.6 Å². The predicted molar refractivity (Wildman–Crippen MR) is 84.7 cm³/mol. The molecular formula is C16H22N2S. The van der Waals surface area contributed by atoms with Crippen LogP contribution in [0.5, 0.6) is 0 Å². The summed E-state index contributed by atoms with van der Waals surface area (Å²) in [5.41, 5.74) is 2.73. The second-order valence-electron chi connectivity index (χ2n) is 5.63. The van der Waals surface area contributed by atoms with Gasteiger partial charge in [0.05, 0.1) is 0 Å². The number of nitrogens with one attached hydrogen (secondary N) is 1. The number of aryl methyl sites for hydroxylation is 1. The molecule has 1 aliphatic carbocycles. The van der Waals surface area contributed by atoms with E-state index in [4.69, 9.17) is 0 Å². The Kier molecular flexibility index (Phi) is 3.59. The van der Waals surface area contributed by atoms with Crippen LogP contribution in [0.15, 0.2) is 30.5 Å². The molecular weight excluding hydrogens is 252 g/mol. The van der Waals surface area contributed by atoms with Crippen molar-refractivity contribution in [3.8, 4) is 0 Å². The lowest BCUT2D eigenvalue weighted by molar-refractivity contribution is 0.345. The highest BCUT2D eigenvalue weighted by molar-refractivity contribution is 8.00. The van der Waals surface area contributed by atoms with Gasteiger partial charge in [-0.1, -0.05) is 24.6 Å². The van der Waals surface area contributed by atoms with E-state index in [0.717, 1.165) is 13.1 Å². The molecule has 102 valence electrons. The third-order valence-electron chi connectivity index (χ3n) is 4.44. The van der Waals surface area contributed by atoms with Crippen LogP contribution in [0.4, 0.5) is 0 Å². The van der Waals surface area contributed by atoms with E-state index in [1.807, 2.05) is 11.8 Å². The summed E-state index contributed by atoms with van der Waals surface area (Å²) in [7, 11) is 2.13. The molecule has 2 nitrogen and oxygen atoms in total. The summed E-state index contributed by atoms with van der Waals surface area (Å²) in [6.07, 6.45) is 8.65. The lowest BCUT2D eigenvalue weighted by atomic mass is 9.84. The van der Waals surface area contributed by atoms with Crippen molar-refractivity contribution in [2.75, 3.05) is 12.8 Å². The van der Waals surface area contributed by atoms with E-state index in [1.165, 1.54) is 35.7 Å². The third-order valence-corrected chi connectivity index (χ3v) is 5.86. The van der Waals surface area contributed by atoms with Gasteiger partial charge in [0, 0.05) is 42.0 Å². The minimum absolute atomic E-state index is 0.518. The van der Waals surface area contributed by atoms with Crippen molar-refractivity contribution in [1.82, 2.24) is 9.88 Å². The van der Waals surface area contributed by atoms with Gasteiger partial charge >= 0.3 is 0 Å². The zero-order chi connectivity index (χ0) is 13.3. The second kappa shape index (κ2) is 5.22. The summed E-state index contributed by atoms with van der Waals surface area (Å²) in [5, 5.41) is 5.05. The largest absolute Gasteiger partial charge is 0.350 e. The van der Waals surface area contributed by atoms with Gasteiger partial charge in [0.2, 0.25) is 0 Å². The maximum atomic E-state index is 3.67. The van der Waals surface area contributed by atoms with Crippen LogP contribution in [0.3, 0.4) is 0 Å². The van der Waals surface area contributed by atoms with Crippen molar-refractivity contribution in [2.24, 2.45) is 7.05 Å². The molecule has 0 saturated heterocycles. The number of fused-ring (bicyclic) bond motifs is 1. The maximum absolute atomic E-state index is 3.67. The number of hydrogen-bond acceptors (Lipinski definition) is 2. The minimum Gasteiger partial charge on any atom is -0.350 e. The minimum atomic E-state index is 0.518. The lowest BCUT2D eigenvalue weighted by Gasteiger charge is -2.40. The predicted octanol–water partition coefficient (Wildman–Crippen LogP) is 3.55. The zero-order valence-corrected chi connectivity index (χ0v) is 12.6. The Morgan fingerprint density at radius 1 is 1.32 bits per heavy atom. The monoisotopic (exact) mass is 274 g/mol. The van der Waals surface area contributed by atoms with Crippen LogP contribution in [-0.2, 0) is 13.6 Å². The molecule has 2 aromatic rings. The van der Waals surface area contributed by atoms with Crippen LogP contribution >= 0.6 is 11.8 Å². The van der Waals surface area contributed by atoms with E-state index in [2.05, 4.69) is 53.6 Å². The van der Waals surface area contributed by atoms with Crippen LogP contribution < -0.4 is 5.32 Å². The Morgan fingerprint density at radius 3 is 2.79 bits per heavy atom. The number of nitrogens with zero attached hydrogens (tertiary/aromatic N) is 1. The van der Waals surface area contributed by atoms with E-state index in [9.17, 15) is 0 Å². The molecule has 1 heterocycles. The number of hydrogen-bond donors (Lipinski definition) is 1. The van der Waals surface area contributed by atoms with Gasteiger partial charge < -0.3 is 9.88 Å². The average Bonchev–Trinajstić information content (AvgIpc) is 2.71. The third kappa shape index (κ3) is 2.41. The van der Waals surface area contributed by atoms with Crippen molar-refractivity contribution in [1.29, 1.82) is 0 Å². The molecule has 1 saturated carbocycles. The van der Waals surface area contributed by atoms with Crippen molar-refractivity contribution < 1.29 is 0 Å². The molecule has 0 atom stereocenters. The molecule has 19 heavy (non-hydrogen) atoms. The molecule has 0 unspecified atom stereocenters. The smallest absolute Gasteiger partial charge is 0.0481 e. The summed E-state index contributed by atoms with van der Waals surface area (Å²) in [6, 6.07) is 8.64. The molecule has 3 heteroatoms. The van der Waals surface area contributed by atoms with Crippen molar-refractivity contribution >= 4 is 22.7 Å². The number of thioether (sulfide) groups is 1. The first kappa shape index (κ1) is 13.1. The molecule has 0 amide bonds. The second-order valence-corrected chi connectivity index (χ2v) is 6.90. The highest BCUT2D eigenvalue weighted by Crippen LogP contribution is 2.42. The average molecular weight is 274 g/mol. The maximum Gasteiger partial charge on any atom is 0.0481 e. The molecule has 3 rings (SSSR count). The number of aromatic nitrogens is 1. The van der Waals surface area contributed by atoms with Gasteiger partial charge in [-0.3, -0.25) is 0 Å². The van der Waals surface area contributed by atoms with E-state index in [0.29, 0.717) is 4.75 Å². The Bertz CT molecular complexity index is 564. The van der Waals surface area contributed by atoms with Crippen LogP contribution in [0.1, 0.15) is 24.8 Å². The Hall–Kier alpha value is -0.930. The molecule has 1 fully saturated rings.